The molecule has 0 aliphatic carbocycles. The van der Waals surface area contributed by atoms with Crippen LogP contribution in [0.3, 0.4) is 0 Å². The van der Waals surface area contributed by atoms with E-state index in [1.54, 1.807) is 6.20 Å². The topological polar surface area (TPSA) is 53.4 Å². The highest BCUT2D eigenvalue weighted by Crippen LogP contribution is 2.31. The van der Waals surface area contributed by atoms with E-state index in [9.17, 15) is 4.79 Å². The zero-order valence-corrected chi connectivity index (χ0v) is 7.97. The Kier molecular flexibility index (Phi) is 2.11. The number of likely N-dealkylation sites (tertiary alicyclic amines) is 1. The Morgan fingerprint density at radius 2 is 2.50 bits per heavy atom. The summed E-state index contributed by atoms with van der Waals surface area (Å²) in [6.07, 6.45) is 1.75. The van der Waals surface area contributed by atoms with E-state index < -0.39 is 6.09 Å². The summed E-state index contributed by atoms with van der Waals surface area (Å²) in [5, 5.41) is 8.83. The van der Waals surface area contributed by atoms with Gasteiger partial charge in [0.2, 0.25) is 0 Å². The van der Waals surface area contributed by atoms with Crippen LogP contribution in [0.15, 0.2) is 18.3 Å². The molecule has 0 aromatic carbocycles. The number of aryl methyl sites for hydroxylation is 1. The second-order valence-electron chi connectivity index (χ2n) is 3.54. The second kappa shape index (κ2) is 3.29. The molecule has 0 bridgehead atoms. The van der Waals surface area contributed by atoms with Crippen LogP contribution in [0.2, 0.25) is 0 Å². The van der Waals surface area contributed by atoms with Gasteiger partial charge in [-0.3, -0.25) is 9.88 Å². The third-order valence-corrected chi connectivity index (χ3v) is 2.54. The predicted octanol–water partition coefficient (Wildman–Crippen LogP) is 1.81. The van der Waals surface area contributed by atoms with Crippen LogP contribution in [0.1, 0.15) is 23.7 Å². The third kappa shape index (κ3) is 1.43. The van der Waals surface area contributed by atoms with Gasteiger partial charge in [-0.05, 0) is 31.0 Å². The minimum absolute atomic E-state index is 0.0348. The predicted molar refractivity (Wildman–Crippen MR) is 51.1 cm³/mol. The maximum atomic E-state index is 10.7. The van der Waals surface area contributed by atoms with Crippen molar-refractivity contribution in [1.29, 1.82) is 0 Å². The molecular formula is C10H12N2O2. The summed E-state index contributed by atoms with van der Waals surface area (Å²) in [4.78, 5) is 16.4. The Bertz CT molecular complexity index is 365. The molecule has 1 aromatic heterocycles. The van der Waals surface area contributed by atoms with Gasteiger partial charge in [-0.2, -0.15) is 0 Å². The van der Waals surface area contributed by atoms with Crippen LogP contribution in [0, 0.1) is 6.92 Å². The molecule has 4 nitrogen and oxygen atoms in total. The number of carboxylic acid groups (broad SMARTS) is 1. The minimum atomic E-state index is -0.857. The Balaban J connectivity index is 2.20. The van der Waals surface area contributed by atoms with Crippen molar-refractivity contribution in [3.8, 4) is 0 Å². The van der Waals surface area contributed by atoms with Gasteiger partial charge < -0.3 is 5.11 Å². The van der Waals surface area contributed by atoms with Crippen molar-refractivity contribution in [2.45, 2.75) is 19.4 Å². The van der Waals surface area contributed by atoms with Gasteiger partial charge in [-0.1, -0.05) is 0 Å². The lowest BCUT2D eigenvalue weighted by atomic mass is 9.99. The number of carbonyl (C=O) groups is 1. The lowest BCUT2D eigenvalue weighted by Crippen LogP contribution is -2.44. The maximum absolute atomic E-state index is 10.7. The molecule has 2 rings (SSSR count). The van der Waals surface area contributed by atoms with Crippen molar-refractivity contribution < 1.29 is 9.90 Å². The summed E-state index contributed by atoms with van der Waals surface area (Å²) in [5.41, 5.74) is 1.98. The number of aromatic nitrogens is 1. The summed E-state index contributed by atoms with van der Waals surface area (Å²) in [6.45, 7) is 2.60. The van der Waals surface area contributed by atoms with Gasteiger partial charge in [-0.15, -0.1) is 0 Å². The van der Waals surface area contributed by atoms with Crippen molar-refractivity contribution in [2.75, 3.05) is 6.54 Å². The largest absolute Gasteiger partial charge is 0.465 e. The van der Waals surface area contributed by atoms with Crippen LogP contribution in [-0.4, -0.2) is 27.6 Å². The molecule has 1 aliphatic heterocycles. The molecule has 4 heteroatoms. The summed E-state index contributed by atoms with van der Waals surface area (Å²) >= 11 is 0. The van der Waals surface area contributed by atoms with E-state index in [1.807, 2.05) is 19.1 Å². The lowest BCUT2D eigenvalue weighted by Gasteiger charge is -2.38. The average Bonchev–Trinajstić information content (AvgIpc) is 2.00. The monoisotopic (exact) mass is 192 g/mol. The summed E-state index contributed by atoms with van der Waals surface area (Å²) in [5.74, 6) is 0. The van der Waals surface area contributed by atoms with Crippen molar-refractivity contribution in [3.05, 3.63) is 29.6 Å². The standard InChI is InChI=1S/C10H12N2O2/c1-7-2-4-11-8(6-7)9-3-5-12(9)10(13)14/h2,4,6,9H,3,5H2,1H3,(H,13,14). The van der Waals surface area contributed by atoms with E-state index in [1.165, 1.54) is 4.90 Å². The highest BCUT2D eigenvalue weighted by atomic mass is 16.4. The van der Waals surface area contributed by atoms with E-state index in [-0.39, 0.29) is 6.04 Å². The molecule has 2 heterocycles. The lowest BCUT2D eigenvalue weighted by molar-refractivity contribution is 0.0734. The van der Waals surface area contributed by atoms with E-state index in [2.05, 4.69) is 4.98 Å². The molecule has 1 amide bonds. The fourth-order valence-electron chi connectivity index (χ4n) is 1.67. The minimum Gasteiger partial charge on any atom is -0.465 e. The molecule has 1 aliphatic rings. The highest BCUT2D eigenvalue weighted by molar-refractivity contribution is 5.66. The van der Waals surface area contributed by atoms with Gasteiger partial charge in [0.05, 0.1) is 11.7 Å². The zero-order valence-electron chi connectivity index (χ0n) is 7.97. The molecule has 1 aromatic rings. The first-order valence-corrected chi connectivity index (χ1v) is 4.60. The molecule has 1 unspecified atom stereocenters. The van der Waals surface area contributed by atoms with Gasteiger partial charge in [-0.25, -0.2) is 4.79 Å². The van der Waals surface area contributed by atoms with Gasteiger partial charge in [0.25, 0.3) is 0 Å². The van der Waals surface area contributed by atoms with Crippen molar-refractivity contribution in [1.82, 2.24) is 9.88 Å². The van der Waals surface area contributed by atoms with Gasteiger partial charge >= 0.3 is 6.09 Å². The Morgan fingerprint density at radius 3 is 3.00 bits per heavy atom. The van der Waals surface area contributed by atoms with Crippen LogP contribution in [-0.2, 0) is 0 Å². The molecule has 14 heavy (non-hydrogen) atoms. The third-order valence-electron chi connectivity index (χ3n) is 2.54. The molecule has 0 saturated carbocycles. The quantitative estimate of drug-likeness (QED) is 0.738. The van der Waals surface area contributed by atoms with Crippen LogP contribution in [0.25, 0.3) is 0 Å². The Hall–Kier alpha value is -1.58. The summed E-state index contributed by atoms with van der Waals surface area (Å²) in [7, 11) is 0. The fraction of sp³-hybridized carbons (Fsp3) is 0.400. The van der Waals surface area contributed by atoms with Crippen LogP contribution < -0.4 is 0 Å². The van der Waals surface area contributed by atoms with Crippen molar-refractivity contribution in [3.63, 3.8) is 0 Å². The number of hydrogen-bond acceptors (Lipinski definition) is 2. The zero-order chi connectivity index (χ0) is 10.1. The van der Waals surface area contributed by atoms with E-state index in [0.29, 0.717) is 6.54 Å². The molecule has 0 radical (unpaired) electrons. The SMILES string of the molecule is Cc1ccnc(C2CCN2C(=O)O)c1. The van der Waals surface area contributed by atoms with Crippen LogP contribution >= 0.6 is 0 Å². The first-order chi connectivity index (χ1) is 6.68. The first-order valence-electron chi connectivity index (χ1n) is 4.60. The molecule has 1 saturated heterocycles. The fourth-order valence-corrected chi connectivity index (χ4v) is 1.67. The number of pyridine rings is 1. The number of hydrogen-bond donors (Lipinski definition) is 1. The van der Waals surface area contributed by atoms with Crippen molar-refractivity contribution >= 4 is 6.09 Å². The molecule has 1 atom stereocenters. The molecule has 74 valence electrons. The number of rotatable bonds is 1. The molecule has 1 N–H and O–H groups in total. The van der Waals surface area contributed by atoms with E-state index in [0.717, 1.165) is 17.7 Å². The average molecular weight is 192 g/mol. The Labute approximate surface area is 82.2 Å². The van der Waals surface area contributed by atoms with Crippen molar-refractivity contribution in [2.24, 2.45) is 0 Å². The maximum Gasteiger partial charge on any atom is 0.407 e. The summed E-state index contributed by atoms with van der Waals surface area (Å²) < 4.78 is 0. The Morgan fingerprint density at radius 1 is 1.71 bits per heavy atom. The van der Waals surface area contributed by atoms with Gasteiger partial charge in [0.1, 0.15) is 0 Å². The van der Waals surface area contributed by atoms with Gasteiger partial charge in [0.15, 0.2) is 0 Å². The normalized spacial score (nSPS) is 20.4. The first kappa shape index (κ1) is 8.99. The van der Waals surface area contributed by atoms with Crippen LogP contribution in [0.5, 0.6) is 0 Å². The van der Waals surface area contributed by atoms with E-state index in [4.69, 9.17) is 5.11 Å². The molecule has 0 spiro atoms. The number of nitrogens with zero attached hydrogens (tertiary/aromatic N) is 2. The van der Waals surface area contributed by atoms with Gasteiger partial charge in [0, 0.05) is 12.7 Å². The smallest absolute Gasteiger partial charge is 0.407 e. The second-order valence-corrected chi connectivity index (χ2v) is 3.54. The van der Waals surface area contributed by atoms with Crippen LogP contribution in [0.4, 0.5) is 4.79 Å². The number of amides is 1. The summed E-state index contributed by atoms with van der Waals surface area (Å²) in [6, 6.07) is 3.82. The van der Waals surface area contributed by atoms with E-state index >= 15 is 0 Å². The molecular weight excluding hydrogens is 180 g/mol. The molecule has 1 fully saturated rings. The highest BCUT2D eigenvalue weighted by Gasteiger charge is 2.34.